The Balaban J connectivity index is 2.11. The van der Waals surface area contributed by atoms with Crippen molar-refractivity contribution in [3.05, 3.63) is 35.2 Å². The average Bonchev–Trinajstić information content (AvgIpc) is 2.46. The van der Waals surface area contributed by atoms with Crippen LogP contribution >= 0.6 is 11.6 Å². The molecule has 0 saturated carbocycles. The molecule has 1 aromatic carbocycles. The number of fused-ring (bicyclic) bond motifs is 1. The zero-order valence-corrected chi connectivity index (χ0v) is 12.2. The monoisotopic (exact) mass is 309 g/mol. The van der Waals surface area contributed by atoms with Gasteiger partial charge < -0.3 is 15.5 Å². The van der Waals surface area contributed by atoms with Crippen LogP contribution in [0.4, 0.5) is 0 Å². The molecule has 0 aliphatic carbocycles. The molecule has 0 fully saturated rings. The summed E-state index contributed by atoms with van der Waals surface area (Å²) in [6.45, 7) is 1.70. The molecule has 0 spiro atoms. The van der Waals surface area contributed by atoms with Gasteiger partial charge in [0.2, 0.25) is 5.91 Å². The molecule has 0 saturated heterocycles. The molecule has 0 aliphatic heterocycles. The number of nitrogens with zero attached hydrogens (tertiary/aromatic N) is 2. The summed E-state index contributed by atoms with van der Waals surface area (Å²) in [4.78, 5) is 18.7. The maximum absolute atomic E-state index is 10.8. The highest BCUT2D eigenvalue weighted by Gasteiger charge is 2.19. The highest BCUT2D eigenvalue weighted by Crippen LogP contribution is 2.25. The van der Waals surface area contributed by atoms with Crippen LogP contribution in [-0.4, -0.2) is 38.7 Å². The van der Waals surface area contributed by atoms with Crippen LogP contribution in [0.15, 0.2) is 24.5 Å². The summed E-state index contributed by atoms with van der Waals surface area (Å²) in [5, 5.41) is 23.7. The normalized spacial score (nSPS) is 13.9. The van der Waals surface area contributed by atoms with Gasteiger partial charge in [0, 0.05) is 18.9 Å². The highest BCUT2D eigenvalue weighted by molar-refractivity contribution is 6.34. The molecular weight excluding hydrogens is 294 g/mol. The molecule has 2 rings (SSSR count). The molecule has 1 heterocycles. The molecule has 3 N–H and O–H groups in total. The van der Waals surface area contributed by atoms with Crippen LogP contribution in [0.2, 0.25) is 5.15 Å². The molecule has 6 nitrogen and oxygen atoms in total. The number of aromatic nitrogens is 2. The van der Waals surface area contributed by atoms with Crippen molar-refractivity contribution < 1.29 is 15.0 Å². The maximum Gasteiger partial charge on any atom is 0.216 e. The van der Waals surface area contributed by atoms with E-state index in [-0.39, 0.29) is 12.3 Å². The molecule has 1 amide bonds. The Bertz CT molecular complexity index is 650. The first-order valence-corrected chi connectivity index (χ1v) is 6.87. The molecule has 21 heavy (non-hydrogen) atoms. The highest BCUT2D eigenvalue weighted by atomic mass is 35.5. The van der Waals surface area contributed by atoms with Gasteiger partial charge in [0.1, 0.15) is 17.6 Å². The van der Waals surface area contributed by atoms with Gasteiger partial charge in [-0.25, -0.2) is 9.97 Å². The van der Waals surface area contributed by atoms with Crippen LogP contribution in [0, 0.1) is 0 Å². The standard InChI is InChI=1S/C14H16ClN3O3/c1-8(19)16-5-4-12(20)13(21)9-2-3-10-11(6-9)17-7-18-14(10)15/h2-3,6-7,12-13,20-21H,4-5H2,1H3,(H,16,19). The topological polar surface area (TPSA) is 95.3 Å². The van der Waals surface area contributed by atoms with Crippen molar-refractivity contribution in [2.75, 3.05) is 6.54 Å². The predicted molar refractivity (Wildman–Crippen MR) is 78.8 cm³/mol. The fourth-order valence-electron chi connectivity index (χ4n) is 2.00. The largest absolute Gasteiger partial charge is 0.390 e. The number of hydrogen-bond donors (Lipinski definition) is 3. The van der Waals surface area contributed by atoms with E-state index in [0.717, 1.165) is 0 Å². The molecule has 2 unspecified atom stereocenters. The number of halogens is 1. The number of carbonyl (C=O) groups excluding carboxylic acids is 1. The maximum atomic E-state index is 10.8. The number of nitrogens with one attached hydrogen (secondary N) is 1. The lowest BCUT2D eigenvalue weighted by Crippen LogP contribution is -2.27. The van der Waals surface area contributed by atoms with Crippen molar-refractivity contribution in [3.8, 4) is 0 Å². The van der Waals surface area contributed by atoms with Crippen molar-refractivity contribution >= 4 is 28.4 Å². The molecule has 0 aliphatic rings. The number of benzene rings is 1. The number of aliphatic hydroxyl groups excluding tert-OH is 2. The number of amides is 1. The summed E-state index contributed by atoms with van der Waals surface area (Å²) < 4.78 is 0. The first kappa shape index (κ1) is 15.6. The van der Waals surface area contributed by atoms with E-state index < -0.39 is 12.2 Å². The van der Waals surface area contributed by atoms with Gasteiger partial charge >= 0.3 is 0 Å². The smallest absolute Gasteiger partial charge is 0.216 e. The summed E-state index contributed by atoms with van der Waals surface area (Å²) in [5.74, 6) is -0.172. The van der Waals surface area contributed by atoms with E-state index in [1.165, 1.54) is 13.3 Å². The van der Waals surface area contributed by atoms with Crippen molar-refractivity contribution in [3.63, 3.8) is 0 Å². The average molecular weight is 310 g/mol. The molecule has 112 valence electrons. The molecule has 2 aromatic rings. The van der Waals surface area contributed by atoms with E-state index in [4.69, 9.17) is 11.6 Å². The van der Waals surface area contributed by atoms with Crippen LogP contribution in [0.25, 0.3) is 10.9 Å². The van der Waals surface area contributed by atoms with Crippen molar-refractivity contribution in [2.24, 2.45) is 0 Å². The van der Waals surface area contributed by atoms with E-state index in [9.17, 15) is 15.0 Å². The minimum Gasteiger partial charge on any atom is -0.390 e. The lowest BCUT2D eigenvalue weighted by molar-refractivity contribution is -0.119. The lowest BCUT2D eigenvalue weighted by atomic mass is 10.0. The first-order valence-electron chi connectivity index (χ1n) is 6.49. The van der Waals surface area contributed by atoms with Crippen molar-refractivity contribution in [1.29, 1.82) is 0 Å². The van der Waals surface area contributed by atoms with E-state index in [0.29, 0.717) is 28.2 Å². The third-order valence-electron chi connectivity index (χ3n) is 3.13. The molecule has 2 atom stereocenters. The van der Waals surface area contributed by atoms with E-state index in [1.54, 1.807) is 18.2 Å². The van der Waals surface area contributed by atoms with E-state index >= 15 is 0 Å². The second-order valence-corrected chi connectivity index (χ2v) is 5.08. The van der Waals surface area contributed by atoms with Crippen LogP contribution in [0.1, 0.15) is 25.0 Å². The molecular formula is C14H16ClN3O3. The number of aliphatic hydroxyl groups is 2. The summed E-state index contributed by atoms with van der Waals surface area (Å²) in [6, 6.07) is 5.04. The van der Waals surface area contributed by atoms with Crippen molar-refractivity contribution in [1.82, 2.24) is 15.3 Å². The predicted octanol–water partition coefficient (Wildman–Crippen LogP) is 1.20. The van der Waals surface area contributed by atoms with Crippen LogP contribution in [-0.2, 0) is 4.79 Å². The van der Waals surface area contributed by atoms with Gasteiger partial charge in [-0.1, -0.05) is 17.7 Å². The van der Waals surface area contributed by atoms with Crippen LogP contribution in [0.5, 0.6) is 0 Å². The van der Waals surface area contributed by atoms with Gasteiger partial charge in [0.25, 0.3) is 0 Å². The van der Waals surface area contributed by atoms with E-state index in [1.807, 2.05) is 0 Å². The minimum absolute atomic E-state index is 0.172. The van der Waals surface area contributed by atoms with Gasteiger partial charge in [-0.05, 0) is 24.1 Å². The van der Waals surface area contributed by atoms with Crippen molar-refractivity contribution in [2.45, 2.75) is 25.6 Å². The lowest BCUT2D eigenvalue weighted by Gasteiger charge is -2.18. The Hall–Kier alpha value is -1.76. The third-order valence-corrected chi connectivity index (χ3v) is 3.43. The first-order chi connectivity index (χ1) is 9.99. The Morgan fingerprint density at radius 2 is 2.14 bits per heavy atom. The van der Waals surface area contributed by atoms with Crippen LogP contribution < -0.4 is 5.32 Å². The second kappa shape index (κ2) is 6.80. The summed E-state index contributed by atoms with van der Waals surface area (Å²) >= 11 is 5.95. The second-order valence-electron chi connectivity index (χ2n) is 4.72. The zero-order chi connectivity index (χ0) is 15.4. The van der Waals surface area contributed by atoms with Gasteiger partial charge in [-0.15, -0.1) is 0 Å². The van der Waals surface area contributed by atoms with E-state index in [2.05, 4.69) is 15.3 Å². The number of hydrogen-bond acceptors (Lipinski definition) is 5. The summed E-state index contributed by atoms with van der Waals surface area (Å²) in [5.41, 5.74) is 1.13. The summed E-state index contributed by atoms with van der Waals surface area (Å²) in [7, 11) is 0. The third kappa shape index (κ3) is 3.87. The summed E-state index contributed by atoms with van der Waals surface area (Å²) in [6.07, 6.45) is -0.444. The number of rotatable bonds is 5. The molecule has 0 radical (unpaired) electrons. The Labute approximate surface area is 126 Å². The number of carbonyl (C=O) groups is 1. The molecule has 0 bridgehead atoms. The quantitative estimate of drug-likeness (QED) is 0.721. The molecule has 7 heteroatoms. The fourth-order valence-corrected chi connectivity index (χ4v) is 2.20. The molecule has 1 aromatic heterocycles. The Morgan fingerprint density at radius 3 is 2.86 bits per heavy atom. The minimum atomic E-state index is -1.06. The Morgan fingerprint density at radius 1 is 1.38 bits per heavy atom. The SMILES string of the molecule is CC(=O)NCCC(O)C(O)c1ccc2c(Cl)ncnc2c1. The Kier molecular flexibility index (Phi) is 5.06. The van der Waals surface area contributed by atoms with Gasteiger partial charge in [0.15, 0.2) is 0 Å². The van der Waals surface area contributed by atoms with Crippen LogP contribution in [0.3, 0.4) is 0 Å². The van der Waals surface area contributed by atoms with Gasteiger partial charge in [0.05, 0.1) is 11.6 Å². The zero-order valence-electron chi connectivity index (χ0n) is 11.5. The van der Waals surface area contributed by atoms with Gasteiger partial charge in [-0.2, -0.15) is 0 Å². The fraction of sp³-hybridized carbons (Fsp3) is 0.357. The van der Waals surface area contributed by atoms with Gasteiger partial charge in [-0.3, -0.25) is 4.79 Å².